The number of rotatable bonds is 4. The van der Waals surface area contributed by atoms with Crippen LogP contribution in [0, 0.1) is 12.8 Å². The Morgan fingerprint density at radius 3 is 2.86 bits per heavy atom. The highest BCUT2D eigenvalue weighted by Crippen LogP contribution is 2.35. The number of carbonyl (C=O) groups excluding carboxylic acids is 2. The van der Waals surface area contributed by atoms with Gasteiger partial charge in [-0.1, -0.05) is 18.9 Å². The number of ether oxygens (including phenoxy) is 1. The molecule has 0 spiro atoms. The quantitative estimate of drug-likeness (QED) is 0.730. The van der Waals surface area contributed by atoms with Gasteiger partial charge in [-0.2, -0.15) is 0 Å². The van der Waals surface area contributed by atoms with Gasteiger partial charge >= 0.3 is 5.97 Å². The molecule has 0 N–H and O–H groups in total. The van der Waals surface area contributed by atoms with Crippen molar-refractivity contribution in [2.75, 3.05) is 13.2 Å². The van der Waals surface area contributed by atoms with Gasteiger partial charge in [0.15, 0.2) is 6.61 Å². The molecule has 1 aliphatic heterocycles. The standard InChI is InChI=1S/C21H25N3O3S/c1-14-19(28-20(23-14)16-9-4-5-11-22-16)21(26)27-13-18(25)24-12-6-8-15-7-2-3-10-17(15)24/h4-5,9,11,15,17H,2-3,6-8,10,12-13H2,1H3/t15-,17+/m0/s1. The maximum Gasteiger partial charge on any atom is 0.350 e. The minimum atomic E-state index is -0.484. The number of likely N-dealkylation sites (tertiary alicyclic amines) is 1. The number of esters is 1. The first-order valence-corrected chi connectivity index (χ1v) is 10.8. The van der Waals surface area contributed by atoms with Crippen LogP contribution >= 0.6 is 11.3 Å². The summed E-state index contributed by atoms with van der Waals surface area (Å²) in [7, 11) is 0. The van der Waals surface area contributed by atoms with Gasteiger partial charge in [-0.15, -0.1) is 11.3 Å². The Balaban J connectivity index is 1.39. The Kier molecular flexibility index (Phi) is 5.71. The zero-order valence-electron chi connectivity index (χ0n) is 16.1. The van der Waals surface area contributed by atoms with E-state index in [0.29, 0.717) is 27.5 Å². The molecule has 148 valence electrons. The zero-order valence-corrected chi connectivity index (χ0v) is 16.9. The molecule has 1 aliphatic carbocycles. The molecule has 0 radical (unpaired) electrons. The minimum Gasteiger partial charge on any atom is -0.451 e. The number of aromatic nitrogens is 2. The minimum absolute atomic E-state index is 0.0722. The van der Waals surface area contributed by atoms with E-state index in [0.717, 1.165) is 25.1 Å². The Bertz CT molecular complexity index is 850. The van der Waals surface area contributed by atoms with Gasteiger partial charge in [-0.25, -0.2) is 9.78 Å². The molecule has 28 heavy (non-hydrogen) atoms. The van der Waals surface area contributed by atoms with Crippen molar-refractivity contribution in [2.24, 2.45) is 5.92 Å². The predicted molar refractivity (Wildman–Crippen MR) is 107 cm³/mol. The number of amides is 1. The van der Waals surface area contributed by atoms with E-state index in [1.165, 1.54) is 37.0 Å². The van der Waals surface area contributed by atoms with E-state index < -0.39 is 5.97 Å². The summed E-state index contributed by atoms with van der Waals surface area (Å²) in [6.07, 6.45) is 8.69. The van der Waals surface area contributed by atoms with E-state index in [1.54, 1.807) is 13.1 Å². The lowest BCUT2D eigenvalue weighted by atomic mass is 9.78. The number of nitrogens with zero attached hydrogens (tertiary/aromatic N) is 3. The Hall–Kier alpha value is -2.28. The smallest absolute Gasteiger partial charge is 0.350 e. The summed E-state index contributed by atoms with van der Waals surface area (Å²) >= 11 is 1.25. The normalized spacial score (nSPS) is 21.8. The second-order valence-electron chi connectivity index (χ2n) is 7.57. The maximum absolute atomic E-state index is 12.7. The molecule has 2 fully saturated rings. The van der Waals surface area contributed by atoms with Crippen molar-refractivity contribution in [1.82, 2.24) is 14.9 Å². The van der Waals surface area contributed by atoms with Crippen LogP contribution in [0.15, 0.2) is 24.4 Å². The highest BCUT2D eigenvalue weighted by Gasteiger charge is 2.36. The number of carbonyl (C=O) groups is 2. The fourth-order valence-corrected chi connectivity index (χ4v) is 5.33. The fourth-order valence-electron chi connectivity index (χ4n) is 4.39. The number of pyridine rings is 1. The van der Waals surface area contributed by atoms with Gasteiger partial charge in [0.1, 0.15) is 9.88 Å². The molecule has 4 rings (SSSR count). The third-order valence-corrected chi connectivity index (χ3v) is 6.92. The largest absolute Gasteiger partial charge is 0.451 e. The third kappa shape index (κ3) is 3.94. The molecule has 2 aliphatic rings. The lowest BCUT2D eigenvalue weighted by molar-refractivity contribution is -0.140. The Morgan fingerprint density at radius 2 is 2.04 bits per heavy atom. The first kappa shape index (κ1) is 19.1. The van der Waals surface area contributed by atoms with E-state index in [2.05, 4.69) is 9.97 Å². The van der Waals surface area contributed by atoms with Crippen LogP contribution in [-0.4, -0.2) is 45.9 Å². The lowest BCUT2D eigenvalue weighted by Crippen LogP contribution is -2.50. The molecular formula is C21H25N3O3S. The van der Waals surface area contributed by atoms with Crippen molar-refractivity contribution in [2.45, 2.75) is 51.5 Å². The fraction of sp³-hybridized carbons (Fsp3) is 0.524. The van der Waals surface area contributed by atoms with Crippen molar-refractivity contribution >= 4 is 23.2 Å². The van der Waals surface area contributed by atoms with Gasteiger partial charge < -0.3 is 9.64 Å². The summed E-state index contributed by atoms with van der Waals surface area (Å²) in [5.41, 5.74) is 1.33. The predicted octanol–water partition coefficient (Wildman–Crippen LogP) is 3.85. The van der Waals surface area contributed by atoms with Crippen molar-refractivity contribution in [3.8, 4) is 10.7 Å². The number of thiazole rings is 1. The van der Waals surface area contributed by atoms with Crippen LogP contribution in [0.25, 0.3) is 10.7 Å². The summed E-state index contributed by atoms with van der Waals surface area (Å²) in [6, 6.07) is 5.90. The number of fused-ring (bicyclic) bond motifs is 1. The monoisotopic (exact) mass is 399 g/mol. The third-order valence-electron chi connectivity index (χ3n) is 5.76. The van der Waals surface area contributed by atoms with Crippen LogP contribution in [-0.2, 0) is 9.53 Å². The number of hydrogen-bond donors (Lipinski definition) is 0. The SMILES string of the molecule is Cc1nc(-c2ccccn2)sc1C(=O)OCC(=O)N1CCC[C@@H]2CCCC[C@H]21. The number of hydrogen-bond acceptors (Lipinski definition) is 6. The Morgan fingerprint density at radius 1 is 1.21 bits per heavy atom. The van der Waals surface area contributed by atoms with Crippen LogP contribution in [0.3, 0.4) is 0 Å². The van der Waals surface area contributed by atoms with Crippen LogP contribution in [0.5, 0.6) is 0 Å². The highest BCUT2D eigenvalue weighted by atomic mass is 32.1. The van der Waals surface area contributed by atoms with Crippen LogP contribution in [0.4, 0.5) is 0 Å². The van der Waals surface area contributed by atoms with E-state index in [-0.39, 0.29) is 12.5 Å². The summed E-state index contributed by atoms with van der Waals surface area (Å²) < 4.78 is 5.37. The molecule has 0 unspecified atom stereocenters. The first-order valence-electron chi connectivity index (χ1n) is 9.99. The van der Waals surface area contributed by atoms with Crippen molar-refractivity contribution < 1.29 is 14.3 Å². The van der Waals surface area contributed by atoms with Crippen molar-refractivity contribution in [1.29, 1.82) is 0 Å². The zero-order chi connectivity index (χ0) is 19.5. The molecule has 0 aromatic carbocycles. The van der Waals surface area contributed by atoms with Crippen LogP contribution < -0.4 is 0 Å². The average molecular weight is 400 g/mol. The van der Waals surface area contributed by atoms with Crippen molar-refractivity contribution in [3.63, 3.8) is 0 Å². The summed E-state index contributed by atoms with van der Waals surface area (Å²) in [5.74, 6) is 0.0617. The van der Waals surface area contributed by atoms with E-state index in [4.69, 9.17) is 4.74 Å². The van der Waals surface area contributed by atoms with Gasteiger partial charge in [-0.3, -0.25) is 9.78 Å². The van der Waals surface area contributed by atoms with Gasteiger partial charge in [0.25, 0.3) is 5.91 Å². The second-order valence-corrected chi connectivity index (χ2v) is 8.56. The summed E-state index contributed by atoms with van der Waals surface area (Å²) in [6.45, 7) is 2.36. The summed E-state index contributed by atoms with van der Waals surface area (Å²) in [4.78, 5) is 36.4. The highest BCUT2D eigenvalue weighted by molar-refractivity contribution is 7.17. The van der Waals surface area contributed by atoms with Gasteiger partial charge in [0.2, 0.25) is 0 Å². The molecule has 1 saturated heterocycles. The maximum atomic E-state index is 12.7. The molecule has 3 heterocycles. The molecule has 2 aromatic heterocycles. The molecule has 0 bridgehead atoms. The van der Waals surface area contributed by atoms with Gasteiger partial charge in [-0.05, 0) is 50.7 Å². The molecule has 2 atom stereocenters. The first-order chi connectivity index (χ1) is 13.6. The van der Waals surface area contributed by atoms with Gasteiger partial charge in [0, 0.05) is 18.8 Å². The average Bonchev–Trinajstić information content (AvgIpc) is 3.14. The lowest BCUT2D eigenvalue weighted by Gasteiger charge is -2.44. The molecule has 7 heteroatoms. The molecule has 2 aromatic rings. The van der Waals surface area contributed by atoms with E-state index in [9.17, 15) is 9.59 Å². The van der Waals surface area contributed by atoms with Gasteiger partial charge in [0.05, 0.1) is 11.4 Å². The van der Waals surface area contributed by atoms with Crippen LogP contribution in [0.2, 0.25) is 0 Å². The molecule has 6 nitrogen and oxygen atoms in total. The molecule has 1 amide bonds. The topological polar surface area (TPSA) is 72.4 Å². The second kappa shape index (κ2) is 8.39. The van der Waals surface area contributed by atoms with E-state index in [1.807, 2.05) is 23.1 Å². The number of piperidine rings is 1. The molecule has 1 saturated carbocycles. The Labute approximate surface area is 168 Å². The number of aryl methyl sites for hydroxylation is 1. The van der Waals surface area contributed by atoms with Crippen molar-refractivity contribution in [3.05, 3.63) is 35.0 Å². The van der Waals surface area contributed by atoms with E-state index >= 15 is 0 Å². The summed E-state index contributed by atoms with van der Waals surface area (Å²) in [5, 5.41) is 0.678. The molecular weight excluding hydrogens is 374 g/mol. The van der Waals surface area contributed by atoms with Crippen LogP contribution in [0.1, 0.15) is 53.9 Å².